The quantitative estimate of drug-likeness (QED) is 0.481. The van der Waals surface area contributed by atoms with Gasteiger partial charge in [-0.2, -0.15) is 0 Å². The highest BCUT2D eigenvalue weighted by Gasteiger charge is 2.07. The molecular formula is C18H14N2S. The Hall–Kier alpha value is -2.39. The van der Waals surface area contributed by atoms with E-state index in [1.54, 1.807) is 0 Å². The summed E-state index contributed by atoms with van der Waals surface area (Å²) in [6.45, 7) is 2.10. The van der Waals surface area contributed by atoms with Gasteiger partial charge in [0.2, 0.25) is 0 Å². The van der Waals surface area contributed by atoms with Crippen molar-refractivity contribution in [1.29, 1.82) is 0 Å². The van der Waals surface area contributed by atoms with E-state index in [0.29, 0.717) is 0 Å². The van der Waals surface area contributed by atoms with Crippen molar-refractivity contribution in [2.45, 2.75) is 6.92 Å². The van der Waals surface area contributed by atoms with E-state index in [-0.39, 0.29) is 0 Å². The van der Waals surface area contributed by atoms with Gasteiger partial charge in [-0.25, -0.2) is 0 Å². The maximum atomic E-state index is 5.51. The molecule has 0 radical (unpaired) electrons. The van der Waals surface area contributed by atoms with Gasteiger partial charge < -0.3 is 4.98 Å². The number of H-pyrrole nitrogens is 1. The minimum Gasteiger partial charge on any atom is -0.330 e. The largest absolute Gasteiger partial charge is 0.330 e. The Labute approximate surface area is 127 Å². The number of hydrogen-bond acceptors (Lipinski definition) is 1. The monoisotopic (exact) mass is 290 g/mol. The summed E-state index contributed by atoms with van der Waals surface area (Å²) < 4.78 is 2.83. The van der Waals surface area contributed by atoms with Crippen LogP contribution in [0.2, 0.25) is 0 Å². The summed E-state index contributed by atoms with van der Waals surface area (Å²) in [6.07, 6.45) is 0. The molecule has 3 aromatic carbocycles. The van der Waals surface area contributed by atoms with Gasteiger partial charge in [-0.15, -0.1) is 0 Å². The molecule has 0 bridgehead atoms. The lowest BCUT2D eigenvalue weighted by atomic mass is 10.1. The van der Waals surface area contributed by atoms with Crippen LogP contribution < -0.4 is 0 Å². The van der Waals surface area contributed by atoms with Gasteiger partial charge in [0.1, 0.15) is 0 Å². The van der Waals surface area contributed by atoms with Crippen molar-refractivity contribution < 1.29 is 0 Å². The molecule has 0 spiro atoms. The third kappa shape index (κ3) is 1.98. The predicted octanol–water partition coefficient (Wildman–Crippen LogP) is 5.15. The Morgan fingerprint density at radius 2 is 1.71 bits per heavy atom. The fourth-order valence-corrected chi connectivity index (χ4v) is 3.10. The predicted molar refractivity (Wildman–Crippen MR) is 90.7 cm³/mol. The third-order valence-corrected chi connectivity index (χ3v) is 4.11. The normalized spacial score (nSPS) is 11.3. The molecule has 4 rings (SSSR count). The number of nitrogens with zero attached hydrogens (tertiary/aromatic N) is 1. The summed E-state index contributed by atoms with van der Waals surface area (Å²) in [5.41, 5.74) is 4.51. The van der Waals surface area contributed by atoms with Gasteiger partial charge in [0.05, 0.1) is 11.0 Å². The third-order valence-electron chi connectivity index (χ3n) is 3.83. The first-order chi connectivity index (χ1) is 10.2. The van der Waals surface area contributed by atoms with Crippen molar-refractivity contribution in [2.24, 2.45) is 0 Å². The molecule has 4 aromatic rings. The molecule has 1 heterocycles. The molecule has 0 saturated heterocycles. The lowest BCUT2D eigenvalue weighted by Gasteiger charge is -2.07. The molecule has 0 fully saturated rings. The number of hydrogen-bond donors (Lipinski definition) is 1. The molecular weight excluding hydrogens is 276 g/mol. The number of benzene rings is 3. The summed E-state index contributed by atoms with van der Waals surface area (Å²) in [7, 11) is 0. The van der Waals surface area contributed by atoms with Gasteiger partial charge in [-0.1, -0.05) is 36.4 Å². The number of aromatic amines is 1. The van der Waals surface area contributed by atoms with Crippen LogP contribution >= 0.6 is 12.2 Å². The Balaban J connectivity index is 2.05. The smallest absolute Gasteiger partial charge is 0.182 e. The van der Waals surface area contributed by atoms with Gasteiger partial charge in [0, 0.05) is 5.69 Å². The molecule has 0 amide bonds. The highest BCUT2D eigenvalue weighted by atomic mass is 32.1. The van der Waals surface area contributed by atoms with Gasteiger partial charge in [0.15, 0.2) is 4.77 Å². The number of fused-ring (bicyclic) bond motifs is 2. The number of aromatic nitrogens is 2. The maximum Gasteiger partial charge on any atom is 0.182 e. The first kappa shape index (κ1) is 12.4. The zero-order chi connectivity index (χ0) is 14.4. The van der Waals surface area contributed by atoms with Crippen LogP contribution in [0.25, 0.3) is 27.5 Å². The molecule has 1 aromatic heterocycles. The summed E-state index contributed by atoms with van der Waals surface area (Å²) in [5.74, 6) is 0. The topological polar surface area (TPSA) is 20.7 Å². The van der Waals surface area contributed by atoms with Crippen molar-refractivity contribution >= 4 is 34.0 Å². The van der Waals surface area contributed by atoms with Crippen molar-refractivity contribution in [1.82, 2.24) is 9.55 Å². The van der Waals surface area contributed by atoms with Gasteiger partial charge >= 0.3 is 0 Å². The zero-order valence-electron chi connectivity index (χ0n) is 11.6. The second-order valence-corrected chi connectivity index (χ2v) is 5.70. The standard InChI is InChI=1S/C18H14N2S/c1-12-6-9-16-17(10-12)20(18(21)19-16)15-8-7-13-4-2-3-5-14(13)11-15/h2-11H,1H3,(H,19,21). The van der Waals surface area contributed by atoms with Crippen molar-refractivity contribution in [2.75, 3.05) is 0 Å². The van der Waals surface area contributed by atoms with Gasteiger partial charge in [-0.3, -0.25) is 4.57 Å². The fraction of sp³-hybridized carbons (Fsp3) is 0.0556. The lowest BCUT2D eigenvalue weighted by molar-refractivity contribution is 1.07. The summed E-state index contributed by atoms with van der Waals surface area (Å²) in [6, 6.07) is 21.1. The lowest BCUT2D eigenvalue weighted by Crippen LogP contribution is -1.94. The Morgan fingerprint density at radius 1 is 0.905 bits per heavy atom. The van der Waals surface area contributed by atoms with Crippen molar-refractivity contribution in [3.05, 3.63) is 71.0 Å². The highest BCUT2D eigenvalue weighted by Crippen LogP contribution is 2.24. The van der Waals surface area contributed by atoms with E-state index < -0.39 is 0 Å². The Kier molecular flexibility index (Phi) is 2.69. The highest BCUT2D eigenvalue weighted by molar-refractivity contribution is 7.71. The second-order valence-electron chi connectivity index (χ2n) is 5.32. The minimum atomic E-state index is 0.728. The molecule has 0 aliphatic heterocycles. The van der Waals surface area contributed by atoms with Crippen molar-refractivity contribution in [3.63, 3.8) is 0 Å². The molecule has 0 aliphatic rings. The average Bonchev–Trinajstić information content (AvgIpc) is 2.82. The van der Waals surface area contributed by atoms with Crippen LogP contribution in [-0.2, 0) is 0 Å². The van der Waals surface area contributed by atoms with E-state index in [2.05, 4.69) is 77.1 Å². The molecule has 0 unspecified atom stereocenters. The molecule has 21 heavy (non-hydrogen) atoms. The molecule has 3 heteroatoms. The van der Waals surface area contributed by atoms with E-state index in [0.717, 1.165) is 21.5 Å². The van der Waals surface area contributed by atoms with E-state index in [1.807, 2.05) is 0 Å². The van der Waals surface area contributed by atoms with E-state index in [9.17, 15) is 0 Å². The molecule has 0 atom stereocenters. The van der Waals surface area contributed by atoms with E-state index >= 15 is 0 Å². The van der Waals surface area contributed by atoms with Gasteiger partial charge in [0.25, 0.3) is 0 Å². The molecule has 0 aliphatic carbocycles. The minimum absolute atomic E-state index is 0.728. The fourth-order valence-electron chi connectivity index (χ4n) is 2.79. The SMILES string of the molecule is Cc1ccc2[nH]c(=S)n(-c3ccc4ccccc4c3)c2c1. The average molecular weight is 290 g/mol. The first-order valence-electron chi connectivity index (χ1n) is 6.93. The van der Waals surface area contributed by atoms with E-state index in [1.165, 1.54) is 16.3 Å². The summed E-state index contributed by atoms with van der Waals surface area (Å²) in [5, 5.41) is 2.46. The van der Waals surface area contributed by atoms with Crippen LogP contribution in [0.5, 0.6) is 0 Å². The second kappa shape index (κ2) is 4.57. The van der Waals surface area contributed by atoms with Crippen LogP contribution in [0, 0.1) is 11.7 Å². The van der Waals surface area contributed by atoms with Crippen LogP contribution in [0.4, 0.5) is 0 Å². The Morgan fingerprint density at radius 3 is 2.57 bits per heavy atom. The van der Waals surface area contributed by atoms with Crippen LogP contribution in [0.15, 0.2) is 60.7 Å². The number of imidazole rings is 1. The number of nitrogens with one attached hydrogen (secondary N) is 1. The van der Waals surface area contributed by atoms with Crippen LogP contribution in [0.1, 0.15) is 5.56 Å². The van der Waals surface area contributed by atoms with Crippen LogP contribution in [0.3, 0.4) is 0 Å². The number of rotatable bonds is 1. The molecule has 1 N–H and O–H groups in total. The van der Waals surface area contributed by atoms with E-state index in [4.69, 9.17) is 12.2 Å². The molecule has 102 valence electrons. The number of aryl methyl sites for hydroxylation is 1. The molecule has 2 nitrogen and oxygen atoms in total. The summed E-state index contributed by atoms with van der Waals surface area (Å²) in [4.78, 5) is 3.28. The Bertz CT molecular complexity index is 1020. The maximum absolute atomic E-state index is 5.51. The summed E-state index contributed by atoms with van der Waals surface area (Å²) >= 11 is 5.51. The first-order valence-corrected chi connectivity index (χ1v) is 7.34. The van der Waals surface area contributed by atoms with Crippen molar-refractivity contribution in [3.8, 4) is 5.69 Å². The van der Waals surface area contributed by atoms with Gasteiger partial charge in [-0.05, 0) is 59.7 Å². The zero-order valence-corrected chi connectivity index (χ0v) is 12.4. The molecule has 0 saturated carbocycles. The van der Waals surface area contributed by atoms with Crippen LogP contribution in [-0.4, -0.2) is 9.55 Å².